The van der Waals surface area contributed by atoms with Gasteiger partial charge in [0.15, 0.2) is 0 Å². The minimum atomic E-state index is 0.779. The molecule has 0 aliphatic carbocycles. The fraction of sp³-hybridized carbons (Fsp3) is 0.500. The van der Waals surface area contributed by atoms with Crippen molar-refractivity contribution in [3.63, 3.8) is 0 Å². The molecular formula is C12H17NO. The van der Waals surface area contributed by atoms with Crippen molar-refractivity contribution in [2.45, 2.75) is 26.2 Å². The predicted octanol–water partition coefficient (Wildman–Crippen LogP) is 2.83. The molecule has 1 aliphatic rings. The van der Waals surface area contributed by atoms with E-state index in [1.807, 2.05) is 0 Å². The summed E-state index contributed by atoms with van der Waals surface area (Å²) in [5.41, 5.74) is 2.56. The Kier molecular flexibility index (Phi) is 2.92. The van der Waals surface area contributed by atoms with Gasteiger partial charge in [0, 0.05) is 6.54 Å². The Hall–Kier alpha value is -1.18. The second-order valence-corrected chi connectivity index (χ2v) is 3.71. The van der Waals surface area contributed by atoms with E-state index in [1.165, 1.54) is 24.8 Å². The molecule has 2 rings (SSSR count). The van der Waals surface area contributed by atoms with Crippen molar-refractivity contribution in [1.82, 2.24) is 0 Å². The molecule has 76 valence electrons. The van der Waals surface area contributed by atoms with E-state index in [9.17, 15) is 0 Å². The fourth-order valence-corrected chi connectivity index (χ4v) is 1.72. The van der Waals surface area contributed by atoms with Crippen molar-refractivity contribution >= 4 is 5.69 Å². The van der Waals surface area contributed by atoms with Crippen molar-refractivity contribution in [3.05, 3.63) is 23.8 Å². The van der Waals surface area contributed by atoms with E-state index in [0.717, 1.165) is 24.6 Å². The Morgan fingerprint density at radius 2 is 2.36 bits per heavy atom. The number of anilines is 1. The number of rotatable bonds is 3. The van der Waals surface area contributed by atoms with Gasteiger partial charge in [-0.25, -0.2) is 0 Å². The van der Waals surface area contributed by atoms with Gasteiger partial charge in [0.25, 0.3) is 0 Å². The molecule has 0 atom stereocenters. The van der Waals surface area contributed by atoms with Gasteiger partial charge in [0.2, 0.25) is 0 Å². The Labute approximate surface area is 85.3 Å². The lowest BCUT2D eigenvalue weighted by molar-refractivity contribution is 0.323. The maximum atomic E-state index is 5.52. The first kappa shape index (κ1) is 9.38. The zero-order valence-electron chi connectivity index (χ0n) is 8.68. The molecule has 1 aromatic rings. The quantitative estimate of drug-likeness (QED) is 0.793. The van der Waals surface area contributed by atoms with Crippen LogP contribution in [-0.4, -0.2) is 13.2 Å². The van der Waals surface area contributed by atoms with Crippen LogP contribution in [0.1, 0.15) is 25.3 Å². The van der Waals surface area contributed by atoms with E-state index in [4.69, 9.17) is 4.74 Å². The third-order valence-electron chi connectivity index (χ3n) is 2.54. The number of unbranched alkanes of at least 4 members (excludes halogenated alkanes) is 1. The van der Waals surface area contributed by atoms with Crippen LogP contribution in [-0.2, 0) is 6.42 Å². The summed E-state index contributed by atoms with van der Waals surface area (Å²) in [6.07, 6.45) is 3.69. The van der Waals surface area contributed by atoms with Crippen LogP contribution in [0.15, 0.2) is 18.2 Å². The van der Waals surface area contributed by atoms with Crippen LogP contribution in [0.3, 0.4) is 0 Å². The molecule has 0 aromatic heterocycles. The number of ether oxygens (including phenoxy) is 1. The van der Waals surface area contributed by atoms with Crippen molar-refractivity contribution in [2.24, 2.45) is 0 Å². The second kappa shape index (κ2) is 4.36. The van der Waals surface area contributed by atoms with Crippen LogP contribution in [0.5, 0.6) is 5.75 Å². The highest BCUT2D eigenvalue weighted by molar-refractivity contribution is 5.59. The molecule has 2 heteroatoms. The summed E-state index contributed by atoms with van der Waals surface area (Å²) in [7, 11) is 0. The van der Waals surface area contributed by atoms with Crippen LogP contribution in [0, 0.1) is 0 Å². The van der Waals surface area contributed by atoms with Gasteiger partial charge in [-0.2, -0.15) is 0 Å². The van der Waals surface area contributed by atoms with E-state index >= 15 is 0 Å². The third kappa shape index (κ3) is 2.00. The highest BCUT2D eigenvalue weighted by atomic mass is 16.5. The van der Waals surface area contributed by atoms with Gasteiger partial charge >= 0.3 is 0 Å². The monoisotopic (exact) mass is 191 g/mol. The molecule has 0 saturated carbocycles. The highest BCUT2D eigenvalue weighted by Gasteiger charge is 2.08. The molecule has 1 N–H and O–H groups in total. The highest BCUT2D eigenvalue weighted by Crippen LogP contribution is 2.28. The standard InChI is InChI=1S/C12H17NO/c1-2-3-4-10-5-6-12-11(9-10)13-7-8-14-12/h5-6,9,13H,2-4,7-8H2,1H3. The number of nitrogens with one attached hydrogen (secondary N) is 1. The molecule has 1 aliphatic heterocycles. The summed E-state index contributed by atoms with van der Waals surface area (Å²) in [5.74, 6) is 0.997. The van der Waals surface area contributed by atoms with Gasteiger partial charge in [-0.3, -0.25) is 0 Å². The first-order valence-corrected chi connectivity index (χ1v) is 5.40. The summed E-state index contributed by atoms with van der Waals surface area (Å²) >= 11 is 0. The SMILES string of the molecule is CCCCc1ccc2c(c1)NCCO2. The maximum absolute atomic E-state index is 5.52. The molecule has 0 radical (unpaired) electrons. The largest absolute Gasteiger partial charge is 0.490 e. The van der Waals surface area contributed by atoms with Gasteiger partial charge in [-0.05, 0) is 30.5 Å². The first-order valence-electron chi connectivity index (χ1n) is 5.40. The average molecular weight is 191 g/mol. The number of aryl methyl sites for hydroxylation is 1. The Morgan fingerprint density at radius 1 is 1.43 bits per heavy atom. The van der Waals surface area contributed by atoms with Gasteiger partial charge in [0.1, 0.15) is 12.4 Å². The van der Waals surface area contributed by atoms with Crippen LogP contribution >= 0.6 is 0 Å². The van der Waals surface area contributed by atoms with Crippen molar-refractivity contribution in [1.29, 1.82) is 0 Å². The summed E-state index contributed by atoms with van der Waals surface area (Å²) in [5, 5.41) is 3.35. The lowest BCUT2D eigenvalue weighted by Gasteiger charge is -2.19. The van der Waals surface area contributed by atoms with Gasteiger partial charge in [-0.15, -0.1) is 0 Å². The van der Waals surface area contributed by atoms with Crippen LogP contribution in [0.25, 0.3) is 0 Å². The Balaban J connectivity index is 2.12. The average Bonchev–Trinajstić information content (AvgIpc) is 2.26. The number of hydrogen-bond donors (Lipinski definition) is 1. The lowest BCUT2D eigenvalue weighted by Crippen LogP contribution is -2.18. The molecule has 0 bridgehead atoms. The molecule has 1 aromatic carbocycles. The van der Waals surface area contributed by atoms with Crippen LogP contribution < -0.4 is 10.1 Å². The van der Waals surface area contributed by atoms with Crippen LogP contribution in [0.2, 0.25) is 0 Å². The fourth-order valence-electron chi connectivity index (χ4n) is 1.72. The van der Waals surface area contributed by atoms with E-state index in [2.05, 4.69) is 30.4 Å². The molecule has 0 fully saturated rings. The smallest absolute Gasteiger partial charge is 0.142 e. The Bertz CT molecular complexity index is 309. The Morgan fingerprint density at radius 3 is 3.21 bits per heavy atom. The number of benzene rings is 1. The van der Waals surface area contributed by atoms with Crippen molar-refractivity contribution in [3.8, 4) is 5.75 Å². The normalized spacial score (nSPS) is 14.1. The molecule has 0 spiro atoms. The summed E-state index contributed by atoms with van der Waals surface area (Å²) in [4.78, 5) is 0. The minimum absolute atomic E-state index is 0.779. The van der Waals surface area contributed by atoms with Crippen LogP contribution in [0.4, 0.5) is 5.69 Å². The molecular weight excluding hydrogens is 174 g/mol. The van der Waals surface area contributed by atoms with E-state index in [1.54, 1.807) is 0 Å². The first-order chi connectivity index (χ1) is 6.90. The number of fused-ring (bicyclic) bond motifs is 1. The molecule has 14 heavy (non-hydrogen) atoms. The van der Waals surface area contributed by atoms with E-state index < -0.39 is 0 Å². The topological polar surface area (TPSA) is 21.3 Å². The van der Waals surface area contributed by atoms with Crippen molar-refractivity contribution < 1.29 is 4.74 Å². The van der Waals surface area contributed by atoms with Crippen molar-refractivity contribution in [2.75, 3.05) is 18.5 Å². The summed E-state index contributed by atoms with van der Waals surface area (Å²) in [6.45, 7) is 3.92. The van der Waals surface area contributed by atoms with Gasteiger partial charge in [0.05, 0.1) is 5.69 Å². The zero-order chi connectivity index (χ0) is 9.80. The molecule has 0 saturated heterocycles. The minimum Gasteiger partial charge on any atom is -0.490 e. The lowest BCUT2D eigenvalue weighted by atomic mass is 10.1. The predicted molar refractivity (Wildman–Crippen MR) is 59.0 cm³/mol. The molecule has 1 heterocycles. The number of hydrogen-bond acceptors (Lipinski definition) is 2. The maximum Gasteiger partial charge on any atom is 0.142 e. The summed E-state index contributed by atoms with van der Waals surface area (Å²) in [6, 6.07) is 6.46. The molecule has 0 amide bonds. The summed E-state index contributed by atoms with van der Waals surface area (Å²) < 4.78 is 5.52. The third-order valence-corrected chi connectivity index (χ3v) is 2.54. The van der Waals surface area contributed by atoms with Gasteiger partial charge in [-0.1, -0.05) is 19.4 Å². The van der Waals surface area contributed by atoms with Gasteiger partial charge < -0.3 is 10.1 Å². The van der Waals surface area contributed by atoms with E-state index in [0.29, 0.717) is 0 Å². The molecule has 0 unspecified atom stereocenters. The van der Waals surface area contributed by atoms with E-state index in [-0.39, 0.29) is 0 Å². The molecule has 2 nitrogen and oxygen atoms in total. The zero-order valence-corrected chi connectivity index (χ0v) is 8.68. The second-order valence-electron chi connectivity index (χ2n) is 3.71.